The fourth-order valence-electron chi connectivity index (χ4n) is 0.720. The van der Waals surface area contributed by atoms with E-state index in [1.54, 1.807) is 0 Å². The number of carbonyl (C=O) groups is 1. The summed E-state index contributed by atoms with van der Waals surface area (Å²) in [6.07, 6.45) is 0.681. The van der Waals surface area contributed by atoms with Gasteiger partial charge in [-0.1, -0.05) is 6.92 Å². The summed E-state index contributed by atoms with van der Waals surface area (Å²) in [5.74, 6) is -1.06. The number of carboxylic acid groups (broad SMARTS) is 1. The molecule has 0 unspecified atom stereocenters. The Labute approximate surface area is 68.5 Å². The molecule has 1 aromatic rings. The van der Waals surface area contributed by atoms with Gasteiger partial charge in [0.25, 0.3) is 0 Å². The topological polar surface area (TPSA) is 55.1 Å². The third-order valence-electron chi connectivity index (χ3n) is 1.30. The molecule has 0 aromatic carbocycles. The molecule has 0 atom stereocenters. The minimum atomic E-state index is -1.06. The van der Waals surface area contributed by atoms with Crippen LogP contribution in [0, 0.1) is 0 Å². The van der Waals surface area contributed by atoms with Crippen LogP contribution in [-0.2, 0) is 6.42 Å². The van der Waals surface area contributed by atoms with Crippen LogP contribution in [0.1, 0.15) is 23.1 Å². The van der Waals surface area contributed by atoms with Gasteiger partial charge in [0.1, 0.15) is 0 Å². The summed E-state index contributed by atoms with van der Waals surface area (Å²) in [5, 5.41) is 12.3. The lowest BCUT2D eigenvalue weighted by Gasteiger charge is -1.87. The molecule has 11 heavy (non-hydrogen) atoms. The minimum absolute atomic E-state index is 0.00326. The van der Waals surface area contributed by atoms with Crippen molar-refractivity contribution in [2.45, 2.75) is 13.3 Å². The molecular weight excluding hydrogens is 168 g/mol. The molecule has 5 heteroatoms. The summed E-state index contributed by atoms with van der Waals surface area (Å²) in [6.45, 7) is 1.88. The van der Waals surface area contributed by atoms with Crippen LogP contribution >= 0.6 is 11.8 Å². The highest BCUT2D eigenvalue weighted by molar-refractivity contribution is 6.17. The standard InChI is InChI=1S/C6H7ClN2O2/c1-2-4-3-5(6(10)11)9(7)8-4/h3H,2H2,1H3,(H,10,11). The number of rotatable bonds is 2. The van der Waals surface area contributed by atoms with E-state index in [0.717, 1.165) is 4.20 Å². The molecule has 1 aromatic heterocycles. The summed E-state index contributed by atoms with van der Waals surface area (Å²) in [6, 6.07) is 1.45. The van der Waals surface area contributed by atoms with E-state index >= 15 is 0 Å². The quantitative estimate of drug-likeness (QED) is 0.732. The maximum atomic E-state index is 10.4. The first-order valence-electron chi connectivity index (χ1n) is 3.13. The van der Waals surface area contributed by atoms with Crippen LogP contribution < -0.4 is 0 Å². The number of hydrogen-bond acceptors (Lipinski definition) is 2. The van der Waals surface area contributed by atoms with Crippen molar-refractivity contribution in [3.05, 3.63) is 17.5 Å². The molecule has 0 aliphatic heterocycles. The van der Waals surface area contributed by atoms with Gasteiger partial charge in [-0.25, -0.2) is 4.79 Å². The lowest BCUT2D eigenvalue weighted by molar-refractivity contribution is 0.0688. The van der Waals surface area contributed by atoms with E-state index in [0.29, 0.717) is 12.1 Å². The lowest BCUT2D eigenvalue weighted by atomic mass is 10.3. The first-order valence-corrected chi connectivity index (χ1v) is 3.47. The van der Waals surface area contributed by atoms with E-state index in [1.165, 1.54) is 6.07 Å². The zero-order valence-electron chi connectivity index (χ0n) is 5.91. The predicted octanol–water partition coefficient (Wildman–Crippen LogP) is 1.15. The average Bonchev–Trinajstić information content (AvgIpc) is 2.30. The molecule has 0 radical (unpaired) electrons. The van der Waals surface area contributed by atoms with Gasteiger partial charge in [0.2, 0.25) is 0 Å². The SMILES string of the molecule is CCc1cc(C(=O)O)n(Cl)n1. The summed E-state index contributed by atoms with van der Waals surface area (Å²) in [4.78, 5) is 10.4. The van der Waals surface area contributed by atoms with Crippen molar-refractivity contribution in [2.75, 3.05) is 0 Å². The van der Waals surface area contributed by atoms with Crippen molar-refractivity contribution in [1.29, 1.82) is 0 Å². The average molecular weight is 175 g/mol. The van der Waals surface area contributed by atoms with Gasteiger partial charge in [0.05, 0.1) is 5.69 Å². The molecule has 0 saturated heterocycles. The molecule has 0 aliphatic carbocycles. The van der Waals surface area contributed by atoms with Crippen LogP contribution in [0.3, 0.4) is 0 Å². The smallest absolute Gasteiger partial charge is 0.355 e. The fourth-order valence-corrected chi connectivity index (χ4v) is 0.938. The van der Waals surface area contributed by atoms with E-state index in [-0.39, 0.29) is 5.69 Å². The molecule has 60 valence electrons. The van der Waals surface area contributed by atoms with Crippen molar-refractivity contribution in [3.63, 3.8) is 0 Å². The lowest BCUT2D eigenvalue weighted by Crippen LogP contribution is -2.00. The third kappa shape index (κ3) is 1.51. The molecule has 0 fully saturated rings. The van der Waals surface area contributed by atoms with Crippen molar-refractivity contribution in [1.82, 2.24) is 9.30 Å². The second kappa shape index (κ2) is 2.92. The van der Waals surface area contributed by atoms with Gasteiger partial charge in [-0.15, -0.1) is 0 Å². The van der Waals surface area contributed by atoms with Crippen molar-refractivity contribution in [3.8, 4) is 0 Å². The molecule has 1 heterocycles. The predicted molar refractivity (Wildman–Crippen MR) is 39.8 cm³/mol. The molecule has 1 N–H and O–H groups in total. The highest BCUT2D eigenvalue weighted by Crippen LogP contribution is 2.06. The molecule has 0 bridgehead atoms. The number of hydrogen-bond donors (Lipinski definition) is 1. The Morgan fingerprint density at radius 3 is 2.82 bits per heavy atom. The zero-order valence-corrected chi connectivity index (χ0v) is 6.67. The Kier molecular flexibility index (Phi) is 2.14. The molecule has 0 aliphatic rings. The molecule has 1 rings (SSSR count). The van der Waals surface area contributed by atoms with Gasteiger partial charge in [-0.05, 0) is 12.5 Å². The van der Waals surface area contributed by atoms with Gasteiger partial charge in [-0.2, -0.15) is 9.30 Å². The van der Waals surface area contributed by atoms with Crippen molar-refractivity contribution >= 4 is 17.7 Å². The molecule has 4 nitrogen and oxygen atoms in total. The first kappa shape index (κ1) is 8.07. The van der Waals surface area contributed by atoms with Crippen LogP contribution in [0.5, 0.6) is 0 Å². The summed E-state index contributed by atoms with van der Waals surface area (Å²) in [7, 11) is 0. The highest BCUT2D eigenvalue weighted by atomic mass is 35.5. The number of halogens is 1. The van der Waals surface area contributed by atoms with Crippen LogP contribution in [0.25, 0.3) is 0 Å². The maximum absolute atomic E-state index is 10.4. The Morgan fingerprint density at radius 2 is 2.55 bits per heavy atom. The monoisotopic (exact) mass is 174 g/mol. The first-order chi connectivity index (χ1) is 5.15. The van der Waals surface area contributed by atoms with Crippen LogP contribution in [0.2, 0.25) is 0 Å². The van der Waals surface area contributed by atoms with Crippen LogP contribution in [-0.4, -0.2) is 20.4 Å². The van der Waals surface area contributed by atoms with Gasteiger partial charge in [0.15, 0.2) is 5.69 Å². The zero-order chi connectivity index (χ0) is 8.43. The highest BCUT2D eigenvalue weighted by Gasteiger charge is 2.11. The van der Waals surface area contributed by atoms with Crippen LogP contribution in [0.4, 0.5) is 0 Å². The van der Waals surface area contributed by atoms with Gasteiger partial charge in [0, 0.05) is 11.8 Å². The minimum Gasteiger partial charge on any atom is -0.476 e. The third-order valence-corrected chi connectivity index (χ3v) is 1.56. The molecule has 0 amide bonds. The maximum Gasteiger partial charge on any atom is 0.355 e. The largest absolute Gasteiger partial charge is 0.476 e. The van der Waals surface area contributed by atoms with Gasteiger partial charge < -0.3 is 5.11 Å². The van der Waals surface area contributed by atoms with E-state index in [9.17, 15) is 4.79 Å². The molecule has 0 saturated carbocycles. The number of aryl methyl sites for hydroxylation is 1. The Hall–Kier alpha value is -1.03. The Morgan fingerprint density at radius 1 is 1.91 bits per heavy atom. The second-order valence-electron chi connectivity index (χ2n) is 2.04. The van der Waals surface area contributed by atoms with Crippen LogP contribution in [0.15, 0.2) is 6.07 Å². The Bertz CT molecular complexity index is 282. The van der Waals surface area contributed by atoms with E-state index in [4.69, 9.17) is 16.9 Å². The van der Waals surface area contributed by atoms with E-state index in [1.807, 2.05) is 6.92 Å². The number of carboxylic acids is 1. The van der Waals surface area contributed by atoms with E-state index < -0.39 is 5.97 Å². The van der Waals surface area contributed by atoms with Crippen molar-refractivity contribution < 1.29 is 9.90 Å². The number of nitrogens with zero attached hydrogens (tertiary/aromatic N) is 2. The Balaban J connectivity index is 3.07. The number of aromatic carboxylic acids is 1. The van der Waals surface area contributed by atoms with E-state index in [2.05, 4.69) is 5.10 Å². The van der Waals surface area contributed by atoms with Gasteiger partial charge in [-0.3, -0.25) is 0 Å². The van der Waals surface area contributed by atoms with Gasteiger partial charge >= 0.3 is 5.97 Å². The number of aromatic nitrogens is 2. The second-order valence-corrected chi connectivity index (χ2v) is 2.36. The summed E-state index contributed by atoms with van der Waals surface area (Å²) in [5.41, 5.74) is 0.681. The normalized spacial score (nSPS) is 10.0. The fraction of sp³-hybridized carbons (Fsp3) is 0.333. The summed E-state index contributed by atoms with van der Waals surface area (Å²) < 4.78 is 0.848. The molecule has 0 spiro atoms. The summed E-state index contributed by atoms with van der Waals surface area (Å²) >= 11 is 5.44. The molecular formula is C6H7ClN2O2. The van der Waals surface area contributed by atoms with Crippen molar-refractivity contribution in [2.24, 2.45) is 0 Å².